The molecule has 1 N–H and O–H groups in total. The topological polar surface area (TPSA) is 97.7 Å². The molecule has 0 amide bonds. The molecule has 1 atom stereocenters. The molecule has 0 aliphatic carbocycles. The summed E-state index contributed by atoms with van der Waals surface area (Å²) in [4.78, 5) is -0.289. The van der Waals surface area contributed by atoms with Crippen molar-refractivity contribution in [2.45, 2.75) is 11.4 Å². The molecule has 112 valence electrons. The minimum absolute atomic E-state index is 0.127. The molecule has 0 aromatic heterocycles. The number of anilines is 1. The van der Waals surface area contributed by atoms with Crippen LogP contribution < -0.4 is 4.31 Å². The zero-order valence-electron chi connectivity index (χ0n) is 10.7. The van der Waals surface area contributed by atoms with Crippen LogP contribution in [-0.2, 0) is 27.9 Å². The van der Waals surface area contributed by atoms with Crippen molar-refractivity contribution in [3.8, 4) is 0 Å². The minimum Gasteiger partial charge on any atom is -0.755 e. The van der Waals surface area contributed by atoms with E-state index in [2.05, 4.69) is 0 Å². The van der Waals surface area contributed by atoms with Gasteiger partial charge in [-0.15, -0.1) is 0 Å². The van der Waals surface area contributed by atoms with Gasteiger partial charge in [0.05, 0.1) is 11.4 Å². The Morgan fingerprint density at radius 3 is 2.10 bits per heavy atom. The first-order valence-corrected chi connectivity index (χ1v) is 8.33. The van der Waals surface area contributed by atoms with Crippen LogP contribution >= 0.6 is 0 Å². The molecular weight excluding hydrogens is 314 g/mol. The standard InChI is InChI=1S/C13H13NO5S2/c15-20(16)14(10-11-4-2-1-3-5-11)12-6-8-13(9-7-12)21(17,18)19/h1-9H,10H2,(H,15,16)(H,17,18,19)/p-1. The van der Waals surface area contributed by atoms with Gasteiger partial charge in [-0.25, -0.2) is 0 Å². The number of rotatable bonds is 5. The van der Waals surface area contributed by atoms with Gasteiger partial charge in [-0.05, 0) is 29.8 Å². The molecule has 0 aliphatic rings. The van der Waals surface area contributed by atoms with Crippen LogP contribution in [0.4, 0.5) is 5.69 Å². The molecule has 0 saturated heterocycles. The van der Waals surface area contributed by atoms with Gasteiger partial charge in [-0.3, -0.25) is 13.1 Å². The summed E-state index contributed by atoms with van der Waals surface area (Å²) >= 11 is -2.51. The third-order valence-corrected chi connectivity index (χ3v) is 4.34. The van der Waals surface area contributed by atoms with E-state index in [1.54, 1.807) is 24.3 Å². The van der Waals surface area contributed by atoms with Crippen LogP contribution in [0.3, 0.4) is 0 Å². The molecule has 0 heterocycles. The predicted molar refractivity (Wildman–Crippen MR) is 77.8 cm³/mol. The van der Waals surface area contributed by atoms with E-state index in [0.717, 1.165) is 22.0 Å². The van der Waals surface area contributed by atoms with Gasteiger partial charge in [0, 0.05) is 17.0 Å². The van der Waals surface area contributed by atoms with Crippen LogP contribution in [0.15, 0.2) is 59.5 Å². The van der Waals surface area contributed by atoms with E-state index in [-0.39, 0.29) is 11.4 Å². The Morgan fingerprint density at radius 1 is 1.05 bits per heavy atom. The first kappa shape index (κ1) is 15.6. The highest BCUT2D eigenvalue weighted by molar-refractivity contribution is 7.85. The number of hydrogen-bond acceptors (Lipinski definition) is 4. The van der Waals surface area contributed by atoms with E-state index < -0.39 is 21.4 Å². The summed E-state index contributed by atoms with van der Waals surface area (Å²) in [7, 11) is -4.30. The van der Waals surface area contributed by atoms with Crippen molar-refractivity contribution in [3.05, 3.63) is 60.2 Å². The number of benzene rings is 2. The number of nitrogens with zero attached hydrogens (tertiary/aromatic N) is 1. The average molecular weight is 326 g/mol. The maximum absolute atomic E-state index is 11.3. The summed E-state index contributed by atoms with van der Waals surface area (Å²) < 4.78 is 54.6. The second-order valence-electron chi connectivity index (χ2n) is 4.21. The molecular formula is C13H12NO5S2-. The Bertz CT molecular complexity index is 729. The highest BCUT2D eigenvalue weighted by Gasteiger charge is 2.12. The fraction of sp³-hybridized carbons (Fsp3) is 0.0769. The SMILES string of the molecule is O=S([O-])N(Cc1ccccc1)c1ccc(S(=O)(=O)O)cc1. The van der Waals surface area contributed by atoms with Crippen molar-refractivity contribution in [1.29, 1.82) is 0 Å². The van der Waals surface area contributed by atoms with E-state index in [4.69, 9.17) is 4.55 Å². The van der Waals surface area contributed by atoms with Crippen LogP contribution in [0.2, 0.25) is 0 Å². The number of hydrogen-bond donors (Lipinski definition) is 1. The normalized spacial score (nSPS) is 12.9. The molecule has 0 aliphatic heterocycles. The first-order valence-electron chi connectivity index (χ1n) is 5.86. The molecule has 8 heteroatoms. The Kier molecular flexibility index (Phi) is 4.73. The molecule has 0 spiro atoms. The quantitative estimate of drug-likeness (QED) is 0.666. The summed E-state index contributed by atoms with van der Waals surface area (Å²) in [6, 6.07) is 13.9. The lowest BCUT2D eigenvalue weighted by Crippen LogP contribution is -2.24. The Hall–Kier alpha value is -1.74. The van der Waals surface area contributed by atoms with E-state index in [0.29, 0.717) is 5.69 Å². The molecule has 6 nitrogen and oxygen atoms in total. The van der Waals surface area contributed by atoms with Crippen molar-refractivity contribution < 1.29 is 21.7 Å². The van der Waals surface area contributed by atoms with Gasteiger partial charge >= 0.3 is 0 Å². The third-order valence-electron chi connectivity index (χ3n) is 2.77. The van der Waals surface area contributed by atoms with Crippen molar-refractivity contribution in [1.82, 2.24) is 0 Å². The van der Waals surface area contributed by atoms with Crippen molar-refractivity contribution in [2.24, 2.45) is 0 Å². The van der Waals surface area contributed by atoms with Gasteiger partial charge in [0.25, 0.3) is 10.1 Å². The predicted octanol–water partition coefficient (Wildman–Crippen LogP) is 1.73. The van der Waals surface area contributed by atoms with Gasteiger partial charge in [0.1, 0.15) is 0 Å². The highest BCUT2D eigenvalue weighted by atomic mass is 32.2. The van der Waals surface area contributed by atoms with Crippen LogP contribution in [0.25, 0.3) is 0 Å². The fourth-order valence-electron chi connectivity index (χ4n) is 1.76. The lowest BCUT2D eigenvalue weighted by Gasteiger charge is -2.26. The zero-order chi connectivity index (χ0) is 15.5. The average Bonchev–Trinajstić information content (AvgIpc) is 2.45. The largest absolute Gasteiger partial charge is 0.755 e. The summed E-state index contributed by atoms with van der Waals surface area (Å²) in [5.41, 5.74) is 1.10. The maximum atomic E-state index is 11.3. The van der Waals surface area contributed by atoms with E-state index in [1.165, 1.54) is 12.1 Å². The molecule has 2 aromatic rings. The third kappa shape index (κ3) is 4.11. The minimum atomic E-state index is -4.30. The Balaban J connectivity index is 2.29. The van der Waals surface area contributed by atoms with E-state index in [9.17, 15) is 17.2 Å². The van der Waals surface area contributed by atoms with Crippen molar-refractivity contribution in [3.63, 3.8) is 0 Å². The molecule has 1 unspecified atom stereocenters. The fourth-order valence-corrected chi connectivity index (χ4v) is 2.79. The molecule has 2 aromatic carbocycles. The van der Waals surface area contributed by atoms with Gasteiger partial charge in [-0.2, -0.15) is 8.42 Å². The lowest BCUT2D eigenvalue weighted by molar-refractivity contribution is 0.483. The molecule has 0 fully saturated rings. The van der Waals surface area contributed by atoms with Crippen molar-refractivity contribution >= 4 is 27.1 Å². The highest BCUT2D eigenvalue weighted by Crippen LogP contribution is 2.21. The zero-order valence-corrected chi connectivity index (χ0v) is 12.4. The monoisotopic (exact) mass is 326 g/mol. The summed E-state index contributed by atoms with van der Waals surface area (Å²) in [6.07, 6.45) is 0. The van der Waals surface area contributed by atoms with E-state index in [1.807, 2.05) is 6.07 Å². The Morgan fingerprint density at radius 2 is 1.62 bits per heavy atom. The smallest absolute Gasteiger partial charge is 0.294 e. The molecule has 21 heavy (non-hydrogen) atoms. The first-order chi connectivity index (χ1) is 9.88. The van der Waals surface area contributed by atoms with Crippen LogP contribution in [0, 0.1) is 0 Å². The lowest BCUT2D eigenvalue weighted by atomic mass is 10.2. The van der Waals surface area contributed by atoms with E-state index >= 15 is 0 Å². The summed E-state index contributed by atoms with van der Waals surface area (Å²) in [5, 5.41) is 0. The summed E-state index contributed by atoms with van der Waals surface area (Å²) in [6.45, 7) is 0.127. The maximum Gasteiger partial charge on any atom is 0.294 e. The van der Waals surface area contributed by atoms with Gasteiger partial charge in [0.2, 0.25) is 0 Å². The Labute approximate surface area is 125 Å². The van der Waals surface area contributed by atoms with Crippen LogP contribution in [-0.4, -0.2) is 21.7 Å². The second kappa shape index (κ2) is 6.35. The van der Waals surface area contributed by atoms with Gasteiger partial charge in [-0.1, -0.05) is 30.3 Å². The molecule has 0 bridgehead atoms. The van der Waals surface area contributed by atoms with Crippen LogP contribution in [0.5, 0.6) is 0 Å². The van der Waals surface area contributed by atoms with Gasteiger partial charge < -0.3 is 4.55 Å². The summed E-state index contributed by atoms with van der Waals surface area (Å²) in [5.74, 6) is 0. The second-order valence-corrected chi connectivity index (χ2v) is 6.50. The van der Waals surface area contributed by atoms with Gasteiger partial charge in [0.15, 0.2) is 0 Å². The van der Waals surface area contributed by atoms with Crippen LogP contribution in [0.1, 0.15) is 5.56 Å². The molecule has 2 rings (SSSR count). The van der Waals surface area contributed by atoms with Crippen molar-refractivity contribution in [2.75, 3.05) is 4.31 Å². The molecule has 0 radical (unpaired) electrons. The molecule has 0 saturated carbocycles.